The Morgan fingerprint density at radius 3 is 2.42 bits per heavy atom. The summed E-state index contributed by atoms with van der Waals surface area (Å²) in [6.07, 6.45) is 3.13. The Kier molecular flexibility index (Phi) is 5.32. The zero-order valence-electron chi connectivity index (χ0n) is 15.2. The van der Waals surface area contributed by atoms with Gasteiger partial charge in [-0.2, -0.15) is 0 Å². The molecule has 26 heavy (non-hydrogen) atoms. The molecule has 0 spiro atoms. The smallest absolute Gasteiger partial charge is 0.261 e. The second-order valence-corrected chi connectivity index (χ2v) is 8.49. The molecule has 0 saturated carbocycles. The molecule has 5 nitrogen and oxygen atoms in total. The third-order valence-electron chi connectivity index (χ3n) is 4.66. The molecular formula is C20H24N2O3S. The van der Waals surface area contributed by atoms with E-state index in [1.54, 1.807) is 23.1 Å². The Hall–Kier alpha value is -2.34. The summed E-state index contributed by atoms with van der Waals surface area (Å²) < 4.78 is 28.1. The molecule has 6 heteroatoms. The Balaban J connectivity index is 1.85. The molecular weight excluding hydrogens is 348 g/mol. The minimum Gasteiger partial charge on any atom is -0.339 e. The van der Waals surface area contributed by atoms with Gasteiger partial charge in [0, 0.05) is 18.7 Å². The topological polar surface area (TPSA) is 66.5 Å². The number of nitrogens with one attached hydrogen (secondary N) is 1. The predicted molar refractivity (Wildman–Crippen MR) is 103 cm³/mol. The summed E-state index contributed by atoms with van der Waals surface area (Å²) in [4.78, 5) is 14.5. The summed E-state index contributed by atoms with van der Waals surface area (Å²) in [7, 11) is -3.76. The van der Waals surface area contributed by atoms with Crippen molar-refractivity contribution in [1.82, 2.24) is 4.90 Å². The van der Waals surface area contributed by atoms with E-state index in [1.165, 1.54) is 12.1 Å². The van der Waals surface area contributed by atoms with Crippen molar-refractivity contribution in [3.05, 3.63) is 59.2 Å². The zero-order valence-corrected chi connectivity index (χ0v) is 16.0. The van der Waals surface area contributed by atoms with Gasteiger partial charge in [0.1, 0.15) is 0 Å². The molecule has 1 heterocycles. The molecule has 0 radical (unpaired) electrons. The van der Waals surface area contributed by atoms with Crippen molar-refractivity contribution in [3.63, 3.8) is 0 Å². The van der Waals surface area contributed by atoms with E-state index in [-0.39, 0.29) is 10.8 Å². The molecule has 0 bridgehead atoms. The maximum atomic E-state index is 12.8. The summed E-state index contributed by atoms with van der Waals surface area (Å²) in [5.74, 6) is -0.103. The molecule has 0 aliphatic carbocycles. The molecule has 1 aliphatic heterocycles. The summed E-state index contributed by atoms with van der Waals surface area (Å²) in [6.45, 7) is 5.29. The zero-order chi connectivity index (χ0) is 18.7. The number of hydrogen-bond donors (Lipinski definition) is 1. The standard InChI is InChI=1S/C20H24N2O3S/c1-15-9-10-19(16(2)13-15)21-26(24,25)18-8-6-7-17(14-18)20(23)22-11-4-3-5-12-22/h6-10,13-14,21H,3-5,11-12H2,1-2H3. The van der Waals surface area contributed by atoms with Gasteiger partial charge in [-0.05, 0) is 62.9 Å². The third kappa shape index (κ3) is 4.07. The van der Waals surface area contributed by atoms with Crippen LogP contribution in [0.2, 0.25) is 0 Å². The fourth-order valence-corrected chi connectivity index (χ4v) is 4.38. The molecule has 0 unspecified atom stereocenters. The van der Waals surface area contributed by atoms with Gasteiger partial charge in [-0.25, -0.2) is 8.42 Å². The maximum Gasteiger partial charge on any atom is 0.261 e. The van der Waals surface area contributed by atoms with Crippen LogP contribution in [0, 0.1) is 13.8 Å². The van der Waals surface area contributed by atoms with Crippen LogP contribution in [0.5, 0.6) is 0 Å². The van der Waals surface area contributed by atoms with Crippen molar-refractivity contribution < 1.29 is 13.2 Å². The highest BCUT2D eigenvalue weighted by atomic mass is 32.2. The van der Waals surface area contributed by atoms with Gasteiger partial charge in [-0.3, -0.25) is 9.52 Å². The average Bonchev–Trinajstić information content (AvgIpc) is 2.64. The summed E-state index contributed by atoms with van der Waals surface area (Å²) >= 11 is 0. The molecule has 1 amide bonds. The molecule has 1 N–H and O–H groups in total. The van der Waals surface area contributed by atoms with Crippen LogP contribution in [-0.4, -0.2) is 32.3 Å². The number of sulfonamides is 1. The molecule has 1 saturated heterocycles. The number of anilines is 1. The minimum atomic E-state index is -3.76. The molecule has 2 aromatic carbocycles. The molecule has 0 aromatic heterocycles. The summed E-state index contributed by atoms with van der Waals surface area (Å²) in [6, 6.07) is 11.8. The van der Waals surface area contributed by atoms with Gasteiger partial charge in [0.15, 0.2) is 0 Å². The Bertz CT molecular complexity index is 916. The van der Waals surface area contributed by atoms with Crippen molar-refractivity contribution >= 4 is 21.6 Å². The molecule has 3 rings (SSSR count). The van der Waals surface area contributed by atoms with E-state index in [0.717, 1.165) is 43.5 Å². The number of rotatable bonds is 4. The normalized spacial score (nSPS) is 14.9. The number of nitrogens with zero attached hydrogens (tertiary/aromatic N) is 1. The highest BCUT2D eigenvalue weighted by Crippen LogP contribution is 2.22. The molecule has 1 fully saturated rings. The first kappa shape index (κ1) is 18.5. The van der Waals surface area contributed by atoms with Gasteiger partial charge in [0.05, 0.1) is 10.6 Å². The quantitative estimate of drug-likeness (QED) is 0.889. The number of likely N-dealkylation sites (tertiary alicyclic amines) is 1. The van der Waals surface area contributed by atoms with Crippen LogP contribution in [0.1, 0.15) is 40.7 Å². The highest BCUT2D eigenvalue weighted by Gasteiger charge is 2.21. The van der Waals surface area contributed by atoms with Crippen molar-refractivity contribution in [2.75, 3.05) is 17.8 Å². The van der Waals surface area contributed by atoms with Crippen molar-refractivity contribution in [1.29, 1.82) is 0 Å². The Labute approximate surface area is 155 Å². The first-order valence-corrected chi connectivity index (χ1v) is 10.3. The highest BCUT2D eigenvalue weighted by molar-refractivity contribution is 7.92. The van der Waals surface area contributed by atoms with Gasteiger partial charge < -0.3 is 4.90 Å². The molecule has 2 aromatic rings. The fraction of sp³-hybridized carbons (Fsp3) is 0.350. The van der Waals surface area contributed by atoms with E-state index >= 15 is 0 Å². The van der Waals surface area contributed by atoms with Crippen LogP contribution in [0.15, 0.2) is 47.4 Å². The van der Waals surface area contributed by atoms with Crippen LogP contribution in [0.4, 0.5) is 5.69 Å². The number of benzene rings is 2. The molecule has 1 aliphatic rings. The van der Waals surface area contributed by atoms with E-state index in [9.17, 15) is 13.2 Å². The molecule has 138 valence electrons. The van der Waals surface area contributed by atoms with Crippen LogP contribution < -0.4 is 4.72 Å². The number of carbonyl (C=O) groups is 1. The number of amides is 1. The average molecular weight is 372 g/mol. The number of piperidine rings is 1. The second kappa shape index (κ2) is 7.50. The predicted octanol–water partition coefficient (Wildman–Crippen LogP) is 3.73. The monoisotopic (exact) mass is 372 g/mol. The first-order chi connectivity index (χ1) is 12.4. The van der Waals surface area contributed by atoms with Crippen LogP contribution in [-0.2, 0) is 10.0 Å². The van der Waals surface area contributed by atoms with Gasteiger partial charge in [-0.15, -0.1) is 0 Å². The second-order valence-electron chi connectivity index (χ2n) is 6.80. The lowest BCUT2D eigenvalue weighted by Gasteiger charge is -2.26. The lowest BCUT2D eigenvalue weighted by Crippen LogP contribution is -2.35. The van der Waals surface area contributed by atoms with Gasteiger partial charge in [-0.1, -0.05) is 23.8 Å². The Morgan fingerprint density at radius 2 is 1.73 bits per heavy atom. The Morgan fingerprint density at radius 1 is 1.00 bits per heavy atom. The SMILES string of the molecule is Cc1ccc(NS(=O)(=O)c2cccc(C(=O)N3CCCCC3)c2)c(C)c1. The van der Waals surface area contributed by atoms with Crippen molar-refractivity contribution in [2.45, 2.75) is 38.0 Å². The number of carbonyl (C=O) groups excluding carboxylic acids is 1. The van der Waals surface area contributed by atoms with Gasteiger partial charge in [0.2, 0.25) is 0 Å². The largest absolute Gasteiger partial charge is 0.339 e. The van der Waals surface area contributed by atoms with Crippen LogP contribution in [0.3, 0.4) is 0 Å². The third-order valence-corrected chi connectivity index (χ3v) is 6.02. The number of aryl methyl sites for hydroxylation is 2. The maximum absolute atomic E-state index is 12.8. The van der Waals surface area contributed by atoms with E-state index in [4.69, 9.17) is 0 Å². The van der Waals surface area contributed by atoms with E-state index in [1.807, 2.05) is 26.0 Å². The van der Waals surface area contributed by atoms with E-state index < -0.39 is 10.0 Å². The number of hydrogen-bond acceptors (Lipinski definition) is 3. The first-order valence-electron chi connectivity index (χ1n) is 8.86. The lowest BCUT2D eigenvalue weighted by atomic mass is 10.1. The fourth-order valence-electron chi connectivity index (χ4n) is 3.21. The van der Waals surface area contributed by atoms with Crippen molar-refractivity contribution in [3.8, 4) is 0 Å². The van der Waals surface area contributed by atoms with Gasteiger partial charge >= 0.3 is 0 Å². The molecule has 0 atom stereocenters. The van der Waals surface area contributed by atoms with Crippen molar-refractivity contribution in [2.24, 2.45) is 0 Å². The van der Waals surface area contributed by atoms with Crippen LogP contribution in [0.25, 0.3) is 0 Å². The summed E-state index contributed by atoms with van der Waals surface area (Å²) in [5.41, 5.74) is 2.88. The minimum absolute atomic E-state index is 0.0975. The summed E-state index contributed by atoms with van der Waals surface area (Å²) in [5, 5.41) is 0. The van der Waals surface area contributed by atoms with E-state index in [2.05, 4.69) is 4.72 Å². The lowest BCUT2D eigenvalue weighted by molar-refractivity contribution is 0.0724. The van der Waals surface area contributed by atoms with E-state index in [0.29, 0.717) is 11.3 Å². The van der Waals surface area contributed by atoms with Gasteiger partial charge in [0.25, 0.3) is 15.9 Å². The van der Waals surface area contributed by atoms with Crippen LogP contribution >= 0.6 is 0 Å².